The van der Waals surface area contributed by atoms with E-state index in [0.717, 1.165) is 11.3 Å². The van der Waals surface area contributed by atoms with Crippen LogP contribution < -0.4 is 0 Å². The van der Waals surface area contributed by atoms with Gasteiger partial charge in [-0.1, -0.05) is 5.23 Å². The Balaban J connectivity index is 0. The summed E-state index contributed by atoms with van der Waals surface area (Å²) in [7, 11) is 1.55. The molecule has 0 radical (unpaired) electrons. The van der Waals surface area contributed by atoms with Gasteiger partial charge in [0.15, 0.2) is 0 Å². The highest BCUT2D eigenvalue weighted by Gasteiger charge is 1.95. The van der Waals surface area contributed by atoms with Gasteiger partial charge in [0, 0.05) is 7.05 Å². The maximum absolute atomic E-state index is 8.35. The molecule has 0 atom stereocenters. The van der Waals surface area contributed by atoms with E-state index in [9.17, 15) is 0 Å². The lowest BCUT2D eigenvalue weighted by Gasteiger charge is -2.13. The normalized spacial score (nSPS) is 8.92. The molecule has 78 valence electrons. The fourth-order valence-corrected chi connectivity index (χ4v) is 0.376. The molecule has 0 aliphatic carbocycles. The van der Waals surface area contributed by atoms with Gasteiger partial charge in [0.05, 0.1) is 26.4 Å². The van der Waals surface area contributed by atoms with Crippen molar-refractivity contribution < 1.29 is 24.7 Å². The molecule has 0 aromatic heterocycles. The van der Waals surface area contributed by atoms with Crippen molar-refractivity contribution >= 4 is 6.08 Å². The summed E-state index contributed by atoms with van der Waals surface area (Å²) in [6, 6.07) is 0. The third kappa shape index (κ3) is 18.3. The summed E-state index contributed by atoms with van der Waals surface area (Å²) in [6.07, 6.45) is 0.750. The molecule has 3 N–H and O–H groups in total. The largest absolute Gasteiger partial charge is 0.394 e. The summed E-state index contributed by atoms with van der Waals surface area (Å²) >= 11 is 0. The van der Waals surface area contributed by atoms with Crippen LogP contribution in [-0.4, -0.2) is 55.0 Å². The minimum Gasteiger partial charge on any atom is -0.394 e. The van der Waals surface area contributed by atoms with Gasteiger partial charge in [-0.15, -0.1) is 0 Å². The van der Waals surface area contributed by atoms with Crippen molar-refractivity contribution in [2.24, 2.45) is 0 Å². The second-order valence-electron chi connectivity index (χ2n) is 1.66. The Morgan fingerprint density at radius 3 is 1.85 bits per heavy atom. The minimum atomic E-state index is -0.0488. The number of carbonyl (C=O) groups excluding carboxylic acids is 1. The molecule has 0 aromatic rings. The van der Waals surface area contributed by atoms with E-state index in [1.165, 1.54) is 0 Å². The molecule has 0 spiro atoms. The van der Waals surface area contributed by atoms with Crippen molar-refractivity contribution in [2.75, 3.05) is 33.5 Å². The lowest BCUT2D eigenvalue weighted by molar-refractivity contribution is -0.356. The number of isocyanates is 1. The van der Waals surface area contributed by atoms with Crippen molar-refractivity contribution in [3.63, 3.8) is 0 Å². The molecule has 0 heterocycles. The number of nitrogens with zero attached hydrogens (tertiary/aromatic N) is 1. The predicted molar refractivity (Wildman–Crippen MR) is 42.3 cm³/mol. The molecule has 0 aliphatic heterocycles. The van der Waals surface area contributed by atoms with E-state index in [2.05, 4.69) is 0 Å². The Hall–Kier alpha value is -0.820. The first-order valence-corrected chi connectivity index (χ1v) is 3.48. The minimum absolute atomic E-state index is 0.0488. The molecule has 0 saturated heterocycles. The van der Waals surface area contributed by atoms with E-state index in [1.54, 1.807) is 7.05 Å². The summed E-state index contributed by atoms with van der Waals surface area (Å²) < 4.78 is 0. The van der Waals surface area contributed by atoms with Crippen LogP contribution in [0.5, 0.6) is 0 Å². The van der Waals surface area contributed by atoms with Crippen LogP contribution in [0.1, 0.15) is 0 Å². The van der Waals surface area contributed by atoms with Crippen LogP contribution in [-0.2, 0) is 14.5 Å². The average Bonchev–Trinajstić information content (AvgIpc) is 2.12. The quantitative estimate of drug-likeness (QED) is 0.275. The SMILES string of the molecule is CN(OCCO)OCCO.N=C=O. The Morgan fingerprint density at radius 1 is 1.31 bits per heavy atom. The zero-order chi connectivity index (χ0) is 10.5. The molecular weight excluding hydrogens is 180 g/mol. The zero-order valence-electron chi connectivity index (χ0n) is 7.39. The second-order valence-corrected chi connectivity index (χ2v) is 1.66. The summed E-state index contributed by atoms with van der Waals surface area (Å²) in [5, 5.41) is 23.1. The number of aliphatic hydroxyl groups excluding tert-OH is 2. The molecule has 0 aliphatic rings. The molecule has 7 nitrogen and oxygen atoms in total. The maximum atomic E-state index is 8.35. The first kappa shape index (κ1) is 14.7. The predicted octanol–water partition coefficient (Wildman–Crippen LogP) is -1.33. The summed E-state index contributed by atoms with van der Waals surface area (Å²) in [5.41, 5.74) is 0. The first-order chi connectivity index (χ1) is 6.22. The smallest absolute Gasteiger partial charge is 0.231 e. The van der Waals surface area contributed by atoms with Gasteiger partial charge in [-0.2, -0.15) is 0 Å². The number of hydroxylamine groups is 2. The first-order valence-electron chi connectivity index (χ1n) is 3.48. The van der Waals surface area contributed by atoms with Crippen LogP contribution in [0.3, 0.4) is 0 Å². The summed E-state index contributed by atoms with van der Waals surface area (Å²) in [4.78, 5) is 17.8. The number of rotatable bonds is 6. The van der Waals surface area contributed by atoms with Crippen LogP contribution in [0.4, 0.5) is 0 Å². The molecule has 0 saturated carbocycles. The van der Waals surface area contributed by atoms with Gasteiger partial charge in [0.25, 0.3) is 0 Å². The molecular formula is C6H14N2O5. The molecule has 7 heteroatoms. The van der Waals surface area contributed by atoms with E-state index < -0.39 is 0 Å². The highest BCUT2D eigenvalue weighted by Crippen LogP contribution is 1.85. The molecule has 0 bridgehead atoms. The van der Waals surface area contributed by atoms with Gasteiger partial charge in [0.2, 0.25) is 6.08 Å². The van der Waals surface area contributed by atoms with Crippen molar-refractivity contribution in [3.8, 4) is 0 Å². The highest BCUT2D eigenvalue weighted by atomic mass is 16.9. The lowest BCUT2D eigenvalue weighted by Crippen LogP contribution is -2.22. The Morgan fingerprint density at radius 2 is 1.62 bits per heavy atom. The van der Waals surface area contributed by atoms with Crippen molar-refractivity contribution in [3.05, 3.63) is 0 Å². The lowest BCUT2D eigenvalue weighted by atomic mass is 10.8. The fourth-order valence-electron chi connectivity index (χ4n) is 0.376. The molecule has 13 heavy (non-hydrogen) atoms. The van der Waals surface area contributed by atoms with Gasteiger partial charge in [0.1, 0.15) is 0 Å². The number of hydrogen-bond donors (Lipinski definition) is 3. The highest BCUT2D eigenvalue weighted by molar-refractivity contribution is 5.26. The maximum Gasteiger partial charge on any atom is 0.231 e. The van der Waals surface area contributed by atoms with Crippen molar-refractivity contribution in [2.45, 2.75) is 0 Å². The molecule has 0 amide bonds. The van der Waals surface area contributed by atoms with E-state index in [4.69, 9.17) is 30.1 Å². The van der Waals surface area contributed by atoms with Gasteiger partial charge < -0.3 is 10.2 Å². The summed E-state index contributed by atoms with van der Waals surface area (Å²) in [6.45, 7) is 0.295. The summed E-state index contributed by atoms with van der Waals surface area (Å²) in [5.74, 6) is 0. The van der Waals surface area contributed by atoms with E-state index in [-0.39, 0.29) is 26.4 Å². The molecule has 0 fully saturated rings. The third-order valence-electron chi connectivity index (χ3n) is 0.729. The van der Waals surface area contributed by atoms with Crippen LogP contribution in [0.25, 0.3) is 0 Å². The van der Waals surface area contributed by atoms with Crippen molar-refractivity contribution in [1.82, 2.24) is 5.23 Å². The third-order valence-corrected chi connectivity index (χ3v) is 0.729. The van der Waals surface area contributed by atoms with Gasteiger partial charge in [-0.3, -0.25) is 9.68 Å². The number of aliphatic hydroxyl groups is 2. The molecule has 0 rings (SSSR count). The molecule has 0 unspecified atom stereocenters. The van der Waals surface area contributed by atoms with Crippen LogP contribution in [0.2, 0.25) is 0 Å². The van der Waals surface area contributed by atoms with Gasteiger partial charge >= 0.3 is 0 Å². The topological polar surface area (TPSA) is 103 Å². The van der Waals surface area contributed by atoms with Gasteiger partial charge in [-0.25, -0.2) is 10.2 Å². The fraction of sp³-hybridized carbons (Fsp3) is 0.833. The Kier molecular flexibility index (Phi) is 15.5. The number of nitrogens with one attached hydrogen (secondary N) is 1. The van der Waals surface area contributed by atoms with Crippen LogP contribution >= 0.6 is 0 Å². The van der Waals surface area contributed by atoms with Crippen LogP contribution in [0, 0.1) is 5.41 Å². The van der Waals surface area contributed by atoms with Crippen molar-refractivity contribution in [1.29, 1.82) is 5.41 Å². The Bertz CT molecular complexity index is 118. The van der Waals surface area contributed by atoms with Crippen LogP contribution in [0.15, 0.2) is 0 Å². The van der Waals surface area contributed by atoms with E-state index in [0.29, 0.717) is 0 Å². The zero-order valence-corrected chi connectivity index (χ0v) is 7.39. The molecule has 0 aromatic carbocycles. The standard InChI is InChI=1S/C5H13NO4.CHNO/c1-6(9-4-2-7)10-5-3-8;2-1-3/h7-8H,2-5H2,1H3;2H. The van der Waals surface area contributed by atoms with E-state index >= 15 is 0 Å². The average molecular weight is 194 g/mol. The second kappa shape index (κ2) is 13.7. The van der Waals surface area contributed by atoms with E-state index in [1.807, 2.05) is 0 Å². The van der Waals surface area contributed by atoms with Gasteiger partial charge in [-0.05, 0) is 0 Å². The Labute approximate surface area is 75.9 Å². The monoisotopic (exact) mass is 194 g/mol. The number of hydrogen-bond acceptors (Lipinski definition) is 7.